The summed E-state index contributed by atoms with van der Waals surface area (Å²) in [6.07, 6.45) is 0. The van der Waals surface area contributed by atoms with E-state index in [9.17, 15) is 4.11 Å². The lowest BCUT2D eigenvalue weighted by Crippen LogP contribution is -2.00. The molecule has 0 aliphatic carbocycles. The molecule has 0 aliphatic heterocycles. The van der Waals surface area contributed by atoms with E-state index in [1.165, 1.54) is 0 Å². The molecular weight excluding hydrogens is 542 g/mol. The number of para-hydroxylation sites is 1. The highest BCUT2D eigenvalue weighted by atomic mass is 16.3. The highest BCUT2D eigenvalue weighted by Gasteiger charge is 2.17. The van der Waals surface area contributed by atoms with Crippen molar-refractivity contribution in [3.8, 4) is 45.3 Å². The summed E-state index contributed by atoms with van der Waals surface area (Å²) >= 11 is 0. The largest absolute Gasteiger partial charge is 0.456 e. The molecule has 0 aliphatic rings. The van der Waals surface area contributed by atoms with Crippen molar-refractivity contribution >= 4 is 43.9 Å². The van der Waals surface area contributed by atoms with Crippen LogP contribution >= 0.6 is 0 Å². The van der Waals surface area contributed by atoms with Gasteiger partial charge in [0, 0.05) is 38.2 Å². The van der Waals surface area contributed by atoms with Crippen molar-refractivity contribution in [1.82, 2.24) is 15.0 Å². The van der Waals surface area contributed by atoms with Crippen molar-refractivity contribution in [2.24, 2.45) is 0 Å². The predicted octanol–water partition coefficient (Wildman–Crippen LogP) is 10.3. The van der Waals surface area contributed by atoms with E-state index in [4.69, 9.17) is 17.9 Å². The van der Waals surface area contributed by atoms with Gasteiger partial charge in [0.2, 0.25) is 0 Å². The number of nitrogens with zero attached hydrogens (tertiary/aromatic N) is 3. The van der Waals surface area contributed by atoms with Crippen molar-refractivity contribution < 1.29 is 17.1 Å². The van der Waals surface area contributed by atoms with Crippen LogP contribution in [0.1, 0.15) is 8.22 Å². The lowest BCUT2D eigenvalue weighted by molar-refractivity contribution is 0.668. The molecule has 5 heteroatoms. The molecule has 9 rings (SSSR count). The Labute approximate surface area is 260 Å². The molecule has 3 heterocycles. The molecule has 6 aromatic carbocycles. The molecule has 0 fully saturated rings. The summed E-state index contributed by atoms with van der Waals surface area (Å²) in [7, 11) is 0. The molecule has 3 aromatic heterocycles. The van der Waals surface area contributed by atoms with E-state index < -0.39 is 0 Å². The van der Waals surface area contributed by atoms with Crippen LogP contribution in [-0.2, 0) is 0 Å². The standard InChI is InChI=1S/C39H23N3O2/c1-3-10-24(11-4-1)37-40-38(25-12-5-2-6-13-25)42-39(41-37)27-19-21-31-35(23-27)44-33-17-9-15-28(36(31)33)26-18-20-30-29-14-7-8-16-32(29)43-34(30)22-26/h1-23H/i9D,15D,17D,19D,21D,23D. The molecule has 0 atom stereocenters. The van der Waals surface area contributed by atoms with Crippen LogP contribution in [-0.4, -0.2) is 15.0 Å². The molecule has 44 heavy (non-hydrogen) atoms. The van der Waals surface area contributed by atoms with Crippen LogP contribution in [0.25, 0.3) is 89.2 Å². The van der Waals surface area contributed by atoms with Crippen LogP contribution in [0.4, 0.5) is 0 Å². The summed E-state index contributed by atoms with van der Waals surface area (Å²) in [5.41, 5.74) is 3.30. The van der Waals surface area contributed by atoms with Crippen LogP contribution in [0.2, 0.25) is 0 Å². The van der Waals surface area contributed by atoms with Gasteiger partial charge in [-0.25, -0.2) is 15.0 Å². The van der Waals surface area contributed by atoms with Crippen molar-refractivity contribution in [3.05, 3.63) is 139 Å². The van der Waals surface area contributed by atoms with Gasteiger partial charge in [0.05, 0.1) is 8.22 Å². The smallest absolute Gasteiger partial charge is 0.164 e. The molecule has 0 unspecified atom stereocenters. The summed E-state index contributed by atoms with van der Waals surface area (Å²) in [5.74, 6) is 0.686. The zero-order chi connectivity index (χ0) is 34.3. The van der Waals surface area contributed by atoms with Crippen LogP contribution in [0.3, 0.4) is 0 Å². The zero-order valence-electron chi connectivity index (χ0n) is 29.0. The second kappa shape index (κ2) is 9.75. The molecule has 0 N–H and O–H groups in total. The third-order valence-electron chi connectivity index (χ3n) is 7.66. The Hall–Kier alpha value is -6.07. The zero-order valence-corrected chi connectivity index (χ0v) is 23.0. The number of rotatable bonds is 4. The maximum absolute atomic E-state index is 9.35. The Bertz CT molecular complexity index is 2780. The van der Waals surface area contributed by atoms with Gasteiger partial charge >= 0.3 is 0 Å². The van der Waals surface area contributed by atoms with E-state index in [-0.39, 0.29) is 75.1 Å². The van der Waals surface area contributed by atoms with Crippen LogP contribution in [0.5, 0.6) is 0 Å². The van der Waals surface area contributed by atoms with Crippen molar-refractivity contribution in [3.63, 3.8) is 0 Å². The molecule has 206 valence electrons. The van der Waals surface area contributed by atoms with Crippen molar-refractivity contribution in [1.29, 1.82) is 0 Å². The normalized spacial score (nSPS) is 13.5. The highest BCUT2D eigenvalue weighted by molar-refractivity contribution is 6.14. The van der Waals surface area contributed by atoms with Gasteiger partial charge in [-0.3, -0.25) is 0 Å². The van der Waals surface area contributed by atoms with E-state index >= 15 is 0 Å². The first-order chi connectivity index (χ1) is 24.3. The number of aromatic nitrogens is 3. The minimum Gasteiger partial charge on any atom is -0.456 e. The first-order valence-corrected chi connectivity index (χ1v) is 14.0. The van der Waals surface area contributed by atoms with Gasteiger partial charge in [-0.2, -0.15) is 0 Å². The van der Waals surface area contributed by atoms with Crippen LogP contribution < -0.4 is 0 Å². The molecule has 0 bridgehead atoms. The summed E-state index contributed by atoms with van der Waals surface area (Å²) in [6, 6.07) is 29.9. The van der Waals surface area contributed by atoms with E-state index in [1.54, 1.807) is 12.1 Å². The molecule has 0 radical (unpaired) electrons. The second-order valence-electron chi connectivity index (χ2n) is 10.4. The van der Waals surface area contributed by atoms with E-state index in [2.05, 4.69) is 9.97 Å². The summed E-state index contributed by atoms with van der Waals surface area (Å²) in [5, 5.41) is 2.12. The van der Waals surface area contributed by atoms with Gasteiger partial charge in [-0.15, -0.1) is 0 Å². The lowest BCUT2D eigenvalue weighted by atomic mass is 9.98. The third kappa shape index (κ3) is 3.98. The minimum atomic E-state index is -0.363. The minimum absolute atomic E-state index is 0.0209. The summed E-state index contributed by atoms with van der Waals surface area (Å²) < 4.78 is 66.6. The molecule has 0 saturated carbocycles. The SMILES string of the molecule is [2H]c1c([2H])c(-c2ccc3c(c2)oc2ccccc23)c2c(oc3c([2H])c(-c4nc(-c5ccccc5)nc(-c5ccccc5)n4)c([2H])c([2H])c32)c1[2H]. The fraction of sp³-hybridized carbons (Fsp3) is 0. The van der Waals surface area contributed by atoms with Crippen molar-refractivity contribution in [2.45, 2.75) is 0 Å². The first kappa shape index (κ1) is 19.2. The van der Waals surface area contributed by atoms with Gasteiger partial charge < -0.3 is 8.83 Å². The van der Waals surface area contributed by atoms with Gasteiger partial charge in [0.25, 0.3) is 0 Å². The number of furan rings is 2. The highest BCUT2D eigenvalue weighted by Crippen LogP contribution is 2.40. The monoisotopic (exact) mass is 571 g/mol. The number of benzene rings is 6. The molecular formula is C39H23N3O2. The Balaban J connectivity index is 1.33. The number of hydrogen-bond donors (Lipinski definition) is 0. The van der Waals surface area contributed by atoms with E-state index in [0.717, 1.165) is 10.8 Å². The molecule has 5 nitrogen and oxygen atoms in total. The summed E-state index contributed by atoms with van der Waals surface area (Å²) in [6.45, 7) is 0. The van der Waals surface area contributed by atoms with E-state index in [1.807, 2.05) is 91.0 Å². The molecule has 0 saturated heterocycles. The molecule has 0 amide bonds. The first-order valence-electron chi connectivity index (χ1n) is 17.0. The average Bonchev–Trinajstić information content (AvgIpc) is 3.73. The maximum Gasteiger partial charge on any atom is 0.164 e. The Morgan fingerprint density at radius 1 is 0.455 bits per heavy atom. The van der Waals surface area contributed by atoms with Gasteiger partial charge in [0.1, 0.15) is 22.3 Å². The second-order valence-corrected chi connectivity index (χ2v) is 10.4. The number of hydrogen-bond acceptors (Lipinski definition) is 5. The van der Waals surface area contributed by atoms with Crippen LogP contribution in [0, 0.1) is 0 Å². The van der Waals surface area contributed by atoms with Gasteiger partial charge in [-0.1, -0.05) is 103 Å². The molecule has 9 aromatic rings. The van der Waals surface area contributed by atoms with Gasteiger partial charge in [-0.05, 0) is 47.5 Å². The topological polar surface area (TPSA) is 65.0 Å². The fourth-order valence-corrected chi connectivity index (χ4v) is 5.58. The Kier molecular flexibility index (Phi) is 4.25. The maximum atomic E-state index is 9.35. The van der Waals surface area contributed by atoms with Crippen LogP contribution in [0.15, 0.2) is 148 Å². The third-order valence-corrected chi connectivity index (χ3v) is 7.66. The Morgan fingerprint density at radius 3 is 1.84 bits per heavy atom. The van der Waals surface area contributed by atoms with Gasteiger partial charge in [0.15, 0.2) is 17.5 Å². The van der Waals surface area contributed by atoms with Crippen molar-refractivity contribution in [2.75, 3.05) is 0 Å². The number of fused-ring (bicyclic) bond motifs is 6. The Morgan fingerprint density at radius 2 is 1.09 bits per heavy atom. The quantitative estimate of drug-likeness (QED) is 0.210. The lowest BCUT2D eigenvalue weighted by Gasteiger charge is -2.08. The average molecular weight is 572 g/mol. The summed E-state index contributed by atoms with van der Waals surface area (Å²) in [4.78, 5) is 14.1. The fourth-order valence-electron chi connectivity index (χ4n) is 5.58. The van der Waals surface area contributed by atoms with E-state index in [0.29, 0.717) is 39.5 Å². The molecule has 0 spiro atoms. The predicted molar refractivity (Wildman–Crippen MR) is 176 cm³/mol.